The van der Waals surface area contributed by atoms with E-state index in [1.165, 1.54) is 0 Å². The minimum absolute atomic E-state index is 0.161. The molecule has 0 atom stereocenters. The summed E-state index contributed by atoms with van der Waals surface area (Å²) in [7, 11) is 1.03. The number of hydrogen-bond donors (Lipinski definition) is 3. The van der Waals surface area contributed by atoms with Gasteiger partial charge in [0.05, 0.1) is 0 Å². The van der Waals surface area contributed by atoms with E-state index in [0.29, 0.717) is 13.1 Å². The highest BCUT2D eigenvalue weighted by molar-refractivity contribution is 6.45. The fourth-order valence-corrected chi connectivity index (χ4v) is 1.59. The molecule has 0 radical (unpaired) electrons. The third-order valence-corrected chi connectivity index (χ3v) is 2.58. The molecule has 0 aromatic heterocycles. The zero-order valence-corrected chi connectivity index (χ0v) is 11.1. The first kappa shape index (κ1) is 14.5. The first-order valence-corrected chi connectivity index (χ1v) is 6.02. The standard InChI is InChI=1S/C12H20BN3O2/c1-10-4-6-11(7-5-10)16(12(17)14-3)9-8-15-13(2)18/h4-7,15,18H,8-9H2,1-3H3,(H,14,17). The van der Waals surface area contributed by atoms with Gasteiger partial charge in [0.2, 0.25) is 0 Å². The Labute approximate surface area is 108 Å². The SMILES string of the molecule is CNC(=O)N(CCNB(C)O)c1ccc(C)cc1. The topological polar surface area (TPSA) is 64.6 Å². The molecule has 0 aliphatic rings. The van der Waals surface area contributed by atoms with Gasteiger partial charge in [0.25, 0.3) is 0 Å². The molecule has 0 saturated carbocycles. The van der Waals surface area contributed by atoms with Crippen LogP contribution < -0.4 is 15.4 Å². The summed E-state index contributed by atoms with van der Waals surface area (Å²) in [4.78, 5) is 13.4. The van der Waals surface area contributed by atoms with E-state index in [2.05, 4.69) is 10.5 Å². The Morgan fingerprint density at radius 2 is 2.00 bits per heavy atom. The van der Waals surface area contributed by atoms with Gasteiger partial charge in [-0.2, -0.15) is 0 Å². The molecule has 0 bridgehead atoms. The van der Waals surface area contributed by atoms with Crippen molar-refractivity contribution in [2.45, 2.75) is 13.7 Å². The van der Waals surface area contributed by atoms with E-state index >= 15 is 0 Å². The van der Waals surface area contributed by atoms with Crippen molar-refractivity contribution in [3.63, 3.8) is 0 Å². The second-order valence-electron chi connectivity index (χ2n) is 4.17. The van der Waals surface area contributed by atoms with Gasteiger partial charge in [0.15, 0.2) is 0 Å². The lowest BCUT2D eigenvalue weighted by molar-refractivity contribution is 0.248. The maximum absolute atomic E-state index is 11.8. The number of nitrogens with zero attached hydrogens (tertiary/aromatic N) is 1. The molecule has 1 rings (SSSR count). The van der Waals surface area contributed by atoms with Crippen molar-refractivity contribution in [3.8, 4) is 0 Å². The maximum atomic E-state index is 11.8. The predicted octanol–water partition coefficient (Wildman–Crippen LogP) is 0.841. The molecule has 3 N–H and O–H groups in total. The molecule has 0 spiro atoms. The van der Waals surface area contributed by atoms with Crippen LogP contribution in [0, 0.1) is 6.92 Å². The molecule has 0 heterocycles. The van der Waals surface area contributed by atoms with Crippen LogP contribution in [-0.4, -0.2) is 38.2 Å². The average molecular weight is 249 g/mol. The molecule has 0 aliphatic heterocycles. The van der Waals surface area contributed by atoms with Gasteiger partial charge in [-0.15, -0.1) is 0 Å². The van der Waals surface area contributed by atoms with Gasteiger partial charge in [0, 0.05) is 25.8 Å². The largest absolute Gasteiger partial charge is 0.437 e. The molecule has 98 valence electrons. The Balaban J connectivity index is 2.72. The fraction of sp³-hybridized carbons (Fsp3) is 0.417. The summed E-state index contributed by atoms with van der Waals surface area (Å²) in [6.45, 7) is 4.67. The summed E-state index contributed by atoms with van der Waals surface area (Å²) in [6, 6.07) is 7.59. The first-order chi connectivity index (χ1) is 8.54. The van der Waals surface area contributed by atoms with Gasteiger partial charge >= 0.3 is 13.1 Å². The highest BCUT2D eigenvalue weighted by atomic mass is 16.2. The zero-order chi connectivity index (χ0) is 13.5. The lowest BCUT2D eigenvalue weighted by Gasteiger charge is -2.22. The minimum Gasteiger partial charge on any atom is -0.437 e. The molecule has 0 fully saturated rings. The van der Waals surface area contributed by atoms with Crippen molar-refractivity contribution < 1.29 is 9.82 Å². The summed E-state index contributed by atoms with van der Waals surface area (Å²) < 4.78 is 0. The Kier molecular flexibility index (Phi) is 5.68. The number of carbonyl (C=O) groups excluding carboxylic acids is 1. The van der Waals surface area contributed by atoms with E-state index in [1.807, 2.05) is 31.2 Å². The summed E-state index contributed by atoms with van der Waals surface area (Å²) >= 11 is 0. The first-order valence-electron chi connectivity index (χ1n) is 6.02. The van der Waals surface area contributed by atoms with Crippen LogP contribution in [0.3, 0.4) is 0 Å². The number of carbonyl (C=O) groups is 1. The summed E-state index contributed by atoms with van der Waals surface area (Å²) in [5, 5.41) is 14.6. The number of urea groups is 1. The van der Waals surface area contributed by atoms with Crippen LogP contribution in [0.15, 0.2) is 24.3 Å². The van der Waals surface area contributed by atoms with Gasteiger partial charge in [0.1, 0.15) is 0 Å². The Bertz CT molecular complexity index is 381. The van der Waals surface area contributed by atoms with Crippen molar-refractivity contribution in [1.82, 2.24) is 10.5 Å². The van der Waals surface area contributed by atoms with Crippen molar-refractivity contribution in [1.29, 1.82) is 0 Å². The number of amides is 2. The number of anilines is 1. The normalized spacial score (nSPS) is 10.0. The Morgan fingerprint density at radius 1 is 1.39 bits per heavy atom. The van der Waals surface area contributed by atoms with Gasteiger partial charge in [-0.3, -0.25) is 4.90 Å². The molecule has 1 aromatic rings. The monoisotopic (exact) mass is 249 g/mol. The van der Waals surface area contributed by atoms with Crippen LogP contribution in [0.4, 0.5) is 10.5 Å². The van der Waals surface area contributed by atoms with Gasteiger partial charge in [-0.05, 0) is 25.9 Å². The van der Waals surface area contributed by atoms with Crippen molar-refractivity contribution in [2.75, 3.05) is 25.0 Å². The van der Waals surface area contributed by atoms with E-state index in [1.54, 1.807) is 18.8 Å². The number of hydrogen-bond acceptors (Lipinski definition) is 3. The lowest BCUT2D eigenvalue weighted by atomic mass is 9.89. The lowest BCUT2D eigenvalue weighted by Crippen LogP contribution is -2.44. The average Bonchev–Trinajstić information content (AvgIpc) is 2.35. The third-order valence-electron chi connectivity index (χ3n) is 2.58. The third kappa shape index (κ3) is 4.39. The number of nitrogens with one attached hydrogen (secondary N) is 2. The maximum Gasteiger partial charge on any atom is 0.373 e. The molecule has 2 amide bonds. The minimum atomic E-state index is -0.574. The summed E-state index contributed by atoms with van der Waals surface area (Å²) in [6.07, 6.45) is 0. The van der Waals surface area contributed by atoms with Crippen LogP contribution in [0.2, 0.25) is 6.82 Å². The van der Waals surface area contributed by atoms with E-state index in [-0.39, 0.29) is 6.03 Å². The second-order valence-corrected chi connectivity index (χ2v) is 4.17. The molecule has 0 aliphatic carbocycles. The van der Waals surface area contributed by atoms with Crippen LogP contribution >= 0.6 is 0 Å². The number of rotatable bonds is 5. The zero-order valence-electron chi connectivity index (χ0n) is 11.1. The van der Waals surface area contributed by atoms with Crippen LogP contribution in [-0.2, 0) is 0 Å². The highest BCUT2D eigenvalue weighted by Crippen LogP contribution is 2.14. The molecular weight excluding hydrogens is 229 g/mol. The van der Waals surface area contributed by atoms with Crippen LogP contribution in [0.25, 0.3) is 0 Å². The predicted molar refractivity (Wildman–Crippen MR) is 74.8 cm³/mol. The summed E-state index contributed by atoms with van der Waals surface area (Å²) in [5.41, 5.74) is 1.99. The van der Waals surface area contributed by atoms with E-state index < -0.39 is 7.05 Å². The van der Waals surface area contributed by atoms with Crippen LogP contribution in [0.1, 0.15) is 5.56 Å². The van der Waals surface area contributed by atoms with Gasteiger partial charge < -0.3 is 15.6 Å². The Morgan fingerprint density at radius 3 is 2.50 bits per heavy atom. The van der Waals surface area contributed by atoms with E-state index in [4.69, 9.17) is 5.02 Å². The highest BCUT2D eigenvalue weighted by Gasteiger charge is 2.14. The smallest absolute Gasteiger partial charge is 0.373 e. The van der Waals surface area contributed by atoms with Crippen molar-refractivity contribution in [2.24, 2.45) is 0 Å². The van der Waals surface area contributed by atoms with E-state index in [9.17, 15) is 4.79 Å². The quantitative estimate of drug-likeness (QED) is 0.677. The Hall–Kier alpha value is -1.53. The molecule has 18 heavy (non-hydrogen) atoms. The molecule has 0 saturated heterocycles. The molecule has 5 nitrogen and oxygen atoms in total. The van der Waals surface area contributed by atoms with Crippen LogP contribution in [0.5, 0.6) is 0 Å². The molecule has 1 aromatic carbocycles. The second kappa shape index (κ2) is 7.03. The number of benzene rings is 1. The molecule has 6 heteroatoms. The van der Waals surface area contributed by atoms with Gasteiger partial charge in [-0.25, -0.2) is 4.79 Å². The van der Waals surface area contributed by atoms with Crippen molar-refractivity contribution >= 4 is 18.8 Å². The summed E-state index contributed by atoms with van der Waals surface area (Å²) in [5.74, 6) is 0. The number of aryl methyl sites for hydroxylation is 1. The molecular formula is C12H20BN3O2. The van der Waals surface area contributed by atoms with Crippen molar-refractivity contribution in [3.05, 3.63) is 29.8 Å². The fourth-order valence-electron chi connectivity index (χ4n) is 1.59. The van der Waals surface area contributed by atoms with Gasteiger partial charge in [-0.1, -0.05) is 17.7 Å². The molecule has 0 unspecified atom stereocenters. The van der Waals surface area contributed by atoms with E-state index in [0.717, 1.165) is 11.3 Å².